The first-order chi connectivity index (χ1) is 7.08. The van der Waals surface area contributed by atoms with Crippen LogP contribution >= 0.6 is 15.9 Å². The summed E-state index contributed by atoms with van der Waals surface area (Å²) in [6.07, 6.45) is 3.55. The molecule has 1 aliphatic carbocycles. The molecule has 0 aliphatic heterocycles. The third-order valence-electron chi connectivity index (χ3n) is 2.32. The molecule has 86 valence electrons. The summed E-state index contributed by atoms with van der Waals surface area (Å²) in [5.41, 5.74) is 1.72. The maximum Gasteiger partial charge on any atom is 0.145 e. The van der Waals surface area contributed by atoms with Crippen molar-refractivity contribution in [2.24, 2.45) is 0 Å². The second-order valence-corrected chi connectivity index (χ2v) is 4.93. The Bertz CT molecular complexity index is 419. The molecule has 2 rings (SSSR count). The first-order valence-corrected chi connectivity index (χ1v) is 5.46. The molecule has 16 heavy (non-hydrogen) atoms. The first-order valence-electron chi connectivity index (χ1n) is 4.66. The summed E-state index contributed by atoms with van der Waals surface area (Å²) in [6.45, 7) is 0. The summed E-state index contributed by atoms with van der Waals surface area (Å²) in [7, 11) is 0. The third kappa shape index (κ3) is 2.74. The van der Waals surface area contributed by atoms with Crippen molar-refractivity contribution in [3.63, 3.8) is 0 Å². The first kappa shape index (κ1) is 13.0. The van der Waals surface area contributed by atoms with Crippen molar-refractivity contribution in [1.82, 2.24) is 0 Å². The number of halogens is 1. The van der Waals surface area contributed by atoms with Gasteiger partial charge in [0.15, 0.2) is 0 Å². The van der Waals surface area contributed by atoms with E-state index in [0.29, 0.717) is 0 Å². The third-order valence-corrected chi connectivity index (χ3v) is 2.86. The van der Waals surface area contributed by atoms with Gasteiger partial charge >= 0.3 is 0 Å². The zero-order chi connectivity index (χ0) is 10.9. The molecule has 0 radical (unpaired) electrons. The highest BCUT2D eigenvalue weighted by molar-refractivity contribution is 9.10. The minimum absolute atomic E-state index is 0. The van der Waals surface area contributed by atoms with Crippen LogP contribution in [0.25, 0.3) is 5.57 Å². The highest BCUT2D eigenvalue weighted by Crippen LogP contribution is 2.34. The molecular formula is C13H15BrO2. The smallest absolute Gasteiger partial charge is 0.145 e. The maximum absolute atomic E-state index is 9.80. The number of alkyl halides is 1. The molecule has 1 aliphatic rings. The van der Waals surface area contributed by atoms with E-state index < -0.39 is 4.51 Å². The van der Waals surface area contributed by atoms with Crippen molar-refractivity contribution in [2.75, 3.05) is 0 Å². The topological polar surface area (TPSA) is 40.5 Å². The minimum atomic E-state index is -1.12. The highest BCUT2D eigenvalue weighted by atomic mass is 79.9. The lowest BCUT2D eigenvalue weighted by atomic mass is 9.97. The lowest BCUT2D eigenvalue weighted by Crippen LogP contribution is -2.20. The van der Waals surface area contributed by atoms with Crippen LogP contribution in [-0.2, 0) is 0 Å². The van der Waals surface area contributed by atoms with Crippen molar-refractivity contribution in [2.45, 2.75) is 18.4 Å². The molecule has 0 heterocycles. The van der Waals surface area contributed by atoms with E-state index in [4.69, 9.17) is 0 Å². The van der Waals surface area contributed by atoms with Crippen LogP contribution in [-0.4, -0.2) is 14.7 Å². The molecule has 0 saturated carbocycles. The number of aliphatic hydroxyl groups is 2. The molecule has 1 aromatic carbocycles. The lowest BCUT2D eigenvalue weighted by molar-refractivity contribution is 0.175. The van der Waals surface area contributed by atoms with Gasteiger partial charge in [0.25, 0.3) is 0 Å². The molecule has 0 saturated heterocycles. The molecule has 1 unspecified atom stereocenters. The van der Waals surface area contributed by atoms with Crippen LogP contribution in [0.15, 0.2) is 48.2 Å². The average molecular weight is 283 g/mol. The van der Waals surface area contributed by atoms with E-state index in [-0.39, 0.29) is 19.6 Å². The zero-order valence-corrected chi connectivity index (χ0v) is 9.61. The van der Waals surface area contributed by atoms with Crippen LogP contribution in [0.4, 0.5) is 0 Å². The van der Waals surface area contributed by atoms with E-state index in [1.54, 1.807) is 12.2 Å². The fraction of sp³-hybridized carbons (Fsp3) is 0.231. The summed E-state index contributed by atoms with van der Waals surface area (Å²) in [4.78, 5) is 0. The van der Waals surface area contributed by atoms with Crippen molar-refractivity contribution < 1.29 is 10.2 Å². The van der Waals surface area contributed by atoms with E-state index in [2.05, 4.69) is 15.9 Å². The summed E-state index contributed by atoms with van der Waals surface area (Å²) in [5, 5.41) is 19.4. The van der Waals surface area contributed by atoms with Crippen LogP contribution in [0, 0.1) is 0 Å². The Morgan fingerprint density at radius 2 is 1.81 bits per heavy atom. The van der Waals surface area contributed by atoms with Gasteiger partial charge in [-0.05, 0) is 27.6 Å². The van der Waals surface area contributed by atoms with Gasteiger partial charge in [0.2, 0.25) is 0 Å². The number of aliphatic hydroxyl groups excluding tert-OH is 1. The van der Waals surface area contributed by atoms with Gasteiger partial charge in [0, 0.05) is 12.0 Å². The molecule has 0 bridgehead atoms. The van der Waals surface area contributed by atoms with Crippen molar-refractivity contribution in [3.8, 4) is 0 Å². The van der Waals surface area contributed by atoms with E-state index in [1.807, 2.05) is 30.3 Å². The number of allylic oxidation sites excluding steroid dienone is 2. The molecule has 3 heteroatoms. The Balaban J connectivity index is 0.00000128. The fourth-order valence-electron chi connectivity index (χ4n) is 1.58. The molecule has 0 amide bonds. The Morgan fingerprint density at radius 3 is 2.38 bits per heavy atom. The monoisotopic (exact) mass is 282 g/mol. The van der Waals surface area contributed by atoms with Gasteiger partial charge in [0.05, 0.1) is 0 Å². The Kier molecular flexibility index (Phi) is 3.94. The van der Waals surface area contributed by atoms with E-state index in [0.717, 1.165) is 11.1 Å². The molecule has 2 N–H and O–H groups in total. The number of rotatable bonds is 1. The molecule has 0 aromatic heterocycles. The number of benzene rings is 1. The minimum Gasteiger partial charge on any atom is -0.512 e. The van der Waals surface area contributed by atoms with Gasteiger partial charge in [-0.15, -0.1) is 0 Å². The molecule has 1 atom stereocenters. The molecule has 0 spiro atoms. The van der Waals surface area contributed by atoms with E-state index in [1.165, 1.54) is 0 Å². The van der Waals surface area contributed by atoms with Crippen LogP contribution < -0.4 is 0 Å². The van der Waals surface area contributed by atoms with Gasteiger partial charge in [0.1, 0.15) is 10.3 Å². The summed E-state index contributed by atoms with van der Waals surface area (Å²) >= 11 is 3.11. The van der Waals surface area contributed by atoms with E-state index in [9.17, 15) is 10.2 Å². The van der Waals surface area contributed by atoms with Crippen LogP contribution in [0.1, 0.15) is 19.4 Å². The molecular weight excluding hydrogens is 268 g/mol. The zero-order valence-electron chi connectivity index (χ0n) is 8.02. The molecule has 0 fully saturated rings. The normalized spacial score (nSPS) is 24.1. The predicted molar refractivity (Wildman–Crippen MR) is 70.4 cm³/mol. The quantitative estimate of drug-likeness (QED) is 0.772. The SMILES string of the molecule is C.OC1=C(c2ccccc2)C=CC(O)(Br)C1. The van der Waals surface area contributed by atoms with Crippen LogP contribution in [0.2, 0.25) is 0 Å². The van der Waals surface area contributed by atoms with Crippen LogP contribution in [0.3, 0.4) is 0 Å². The number of hydrogen-bond donors (Lipinski definition) is 2. The summed E-state index contributed by atoms with van der Waals surface area (Å²) in [5.74, 6) is 0.197. The predicted octanol–water partition coefficient (Wildman–Crippen LogP) is 3.64. The van der Waals surface area contributed by atoms with E-state index >= 15 is 0 Å². The molecule has 2 nitrogen and oxygen atoms in total. The highest BCUT2D eigenvalue weighted by Gasteiger charge is 2.26. The Morgan fingerprint density at radius 1 is 1.19 bits per heavy atom. The summed E-state index contributed by atoms with van der Waals surface area (Å²) < 4.78 is -1.12. The lowest BCUT2D eigenvalue weighted by Gasteiger charge is -2.22. The second kappa shape index (κ2) is 4.85. The van der Waals surface area contributed by atoms with Gasteiger partial charge in [-0.1, -0.05) is 43.8 Å². The Hall–Kier alpha value is -1.06. The molecule has 1 aromatic rings. The average Bonchev–Trinajstić information content (AvgIpc) is 2.17. The van der Waals surface area contributed by atoms with Gasteiger partial charge in [-0.2, -0.15) is 0 Å². The second-order valence-electron chi connectivity index (χ2n) is 3.56. The van der Waals surface area contributed by atoms with Crippen LogP contribution in [0.5, 0.6) is 0 Å². The van der Waals surface area contributed by atoms with Gasteiger partial charge in [-0.3, -0.25) is 0 Å². The van der Waals surface area contributed by atoms with Crippen molar-refractivity contribution in [3.05, 3.63) is 53.8 Å². The Labute approximate surface area is 104 Å². The fourth-order valence-corrected chi connectivity index (χ4v) is 1.97. The van der Waals surface area contributed by atoms with Gasteiger partial charge < -0.3 is 10.2 Å². The number of hydrogen-bond acceptors (Lipinski definition) is 2. The van der Waals surface area contributed by atoms with Gasteiger partial charge in [-0.25, -0.2) is 0 Å². The van der Waals surface area contributed by atoms with Crippen molar-refractivity contribution in [1.29, 1.82) is 0 Å². The largest absolute Gasteiger partial charge is 0.512 e. The summed E-state index contributed by atoms with van der Waals surface area (Å²) in [6, 6.07) is 9.61. The standard InChI is InChI=1S/C12H11BrO2.CH4/c13-12(15)7-6-10(11(14)8-12)9-4-2-1-3-5-9;/h1-7,14-15H,8H2;1H4. The van der Waals surface area contributed by atoms with Crippen molar-refractivity contribution >= 4 is 21.5 Å². The maximum atomic E-state index is 9.80.